The molecule has 1 atom stereocenters. The SMILES string of the molecule is COc1cc(NC(=O)C[C@H]2Sc3ccccc3NC2=O)c(OC)cc1Cl. The summed E-state index contributed by atoms with van der Waals surface area (Å²) >= 11 is 7.44. The van der Waals surface area contributed by atoms with E-state index in [9.17, 15) is 9.59 Å². The summed E-state index contributed by atoms with van der Waals surface area (Å²) in [5.41, 5.74) is 1.20. The van der Waals surface area contributed by atoms with Crippen LogP contribution in [0.1, 0.15) is 6.42 Å². The van der Waals surface area contributed by atoms with Gasteiger partial charge in [-0.1, -0.05) is 23.7 Å². The number of fused-ring (bicyclic) bond motifs is 1. The first-order valence-electron chi connectivity index (χ1n) is 7.79. The molecule has 0 radical (unpaired) electrons. The average Bonchev–Trinajstić information content (AvgIpc) is 2.63. The number of carbonyl (C=O) groups is 2. The Bertz CT molecular complexity index is 859. The summed E-state index contributed by atoms with van der Waals surface area (Å²) in [6, 6.07) is 10.6. The molecule has 2 amide bonds. The number of hydrogen-bond acceptors (Lipinski definition) is 5. The zero-order valence-corrected chi connectivity index (χ0v) is 15.7. The van der Waals surface area contributed by atoms with Gasteiger partial charge in [0, 0.05) is 23.4 Å². The molecule has 0 unspecified atom stereocenters. The molecule has 26 heavy (non-hydrogen) atoms. The topological polar surface area (TPSA) is 76.7 Å². The Morgan fingerprint density at radius 1 is 1.23 bits per heavy atom. The van der Waals surface area contributed by atoms with Gasteiger partial charge in [-0.05, 0) is 12.1 Å². The van der Waals surface area contributed by atoms with E-state index in [2.05, 4.69) is 10.6 Å². The normalized spacial score (nSPS) is 15.7. The molecular formula is C18H17ClN2O4S. The second-order valence-electron chi connectivity index (χ2n) is 5.53. The van der Waals surface area contributed by atoms with Crippen LogP contribution in [0.3, 0.4) is 0 Å². The zero-order valence-electron chi connectivity index (χ0n) is 14.2. The monoisotopic (exact) mass is 392 g/mol. The smallest absolute Gasteiger partial charge is 0.238 e. The summed E-state index contributed by atoms with van der Waals surface area (Å²) in [7, 11) is 2.97. The number of thioether (sulfide) groups is 1. The molecule has 0 aromatic heterocycles. The second-order valence-corrected chi connectivity index (χ2v) is 7.18. The third-order valence-electron chi connectivity index (χ3n) is 3.83. The van der Waals surface area contributed by atoms with Crippen molar-refractivity contribution in [1.82, 2.24) is 0 Å². The third-order valence-corrected chi connectivity index (χ3v) is 5.40. The predicted octanol–water partition coefficient (Wildman–Crippen LogP) is 3.80. The summed E-state index contributed by atoms with van der Waals surface area (Å²) < 4.78 is 10.4. The van der Waals surface area contributed by atoms with Crippen molar-refractivity contribution in [1.29, 1.82) is 0 Å². The van der Waals surface area contributed by atoms with Gasteiger partial charge in [-0.2, -0.15) is 0 Å². The first-order chi connectivity index (χ1) is 12.5. The van der Waals surface area contributed by atoms with Crippen molar-refractivity contribution in [2.45, 2.75) is 16.6 Å². The summed E-state index contributed by atoms with van der Waals surface area (Å²) in [4.78, 5) is 25.6. The van der Waals surface area contributed by atoms with Crippen LogP contribution in [0.25, 0.3) is 0 Å². The van der Waals surface area contributed by atoms with Gasteiger partial charge in [0.25, 0.3) is 0 Å². The lowest BCUT2D eigenvalue weighted by molar-refractivity contribution is -0.120. The van der Waals surface area contributed by atoms with Crippen LogP contribution >= 0.6 is 23.4 Å². The molecule has 0 spiro atoms. The van der Waals surface area contributed by atoms with Crippen molar-refractivity contribution >= 4 is 46.6 Å². The minimum Gasteiger partial charge on any atom is -0.495 e. The van der Waals surface area contributed by atoms with E-state index in [4.69, 9.17) is 21.1 Å². The molecule has 0 aliphatic carbocycles. The molecule has 1 aliphatic rings. The molecule has 3 rings (SSSR count). The van der Waals surface area contributed by atoms with Crippen LogP contribution in [0, 0.1) is 0 Å². The predicted molar refractivity (Wildman–Crippen MR) is 103 cm³/mol. The van der Waals surface area contributed by atoms with Crippen LogP contribution in [0.2, 0.25) is 5.02 Å². The minimum atomic E-state index is -0.509. The first kappa shape index (κ1) is 18.4. The van der Waals surface area contributed by atoms with E-state index in [1.54, 1.807) is 12.1 Å². The Kier molecular flexibility index (Phi) is 5.58. The van der Waals surface area contributed by atoms with Gasteiger partial charge in [0.15, 0.2) is 0 Å². The Labute approximate surface area is 160 Å². The fourth-order valence-electron chi connectivity index (χ4n) is 2.55. The Hall–Kier alpha value is -2.38. The number of halogens is 1. The van der Waals surface area contributed by atoms with Crippen LogP contribution in [0.15, 0.2) is 41.3 Å². The highest BCUT2D eigenvalue weighted by molar-refractivity contribution is 8.01. The van der Waals surface area contributed by atoms with Crippen LogP contribution < -0.4 is 20.1 Å². The number of para-hydroxylation sites is 1. The summed E-state index contributed by atoms with van der Waals surface area (Å²) in [6.45, 7) is 0. The Morgan fingerprint density at radius 3 is 2.69 bits per heavy atom. The van der Waals surface area contributed by atoms with Crippen LogP contribution in [-0.2, 0) is 9.59 Å². The highest BCUT2D eigenvalue weighted by Gasteiger charge is 2.29. The average molecular weight is 393 g/mol. The van der Waals surface area contributed by atoms with Crippen molar-refractivity contribution in [3.63, 3.8) is 0 Å². The fraction of sp³-hybridized carbons (Fsp3) is 0.222. The van der Waals surface area contributed by atoms with Crippen molar-refractivity contribution in [3.8, 4) is 11.5 Å². The van der Waals surface area contributed by atoms with Gasteiger partial charge >= 0.3 is 0 Å². The molecule has 0 saturated heterocycles. The van der Waals surface area contributed by atoms with Gasteiger partial charge in [0.05, 0.1) is 35.9 Å². The van der Waals surface area contributed by atoms with E-state index < -0.39 is 5.25 Å². The molecule has 0 bridgehead atoms. The number of amides is 2. The zero-order chi connectivity index (χ0) is 18.7. The molecule has 136 valence electrons. The molecule has 2 aromatic carbocycles. The molecule has 1 heterocycles. The van der Waals surface area contributed by atoms with Gasteiger partial charge in [0.1, 0.15) is 11.5 Å². The van der Waals surface area contributed by atoms with Crippen LogP contribution in [-0.4, -0.2) is 31.3 Å². The van der Waals surface area contributed by atoms with Crippen molar-refractivity contribution in [3.05, 3.63) is 41.4 Å². The maximum atomic E-state index is 12.5. The quantitative estimate of drug-likeness (QED) is 0.809. The molecule has 8 heteroatoms. The fourth-order valence-corrected chi connectivity index (χ4v) is 3.90. The molecule has 0 fully saturated rings. The first-order valence-corrected chi connectivity index (χ1v) is 9.05. The number of rotatable bonds is 5. The van der Waals surface area contributed by atoms with Crippen molar-refractivity contribution < 1.29 is 19.1 Å². The summed E-state index contributed by atoms with van der Waals surface area (Å²) in [6.07, 6.45) is 0.0267. The number of anilines is 2. The lowest BCUT2D eigenvalue weighted by atomic mass is 10.2. The van der Waals surface area contributed by atoms with E-state index in [-0.39, 0.29) is 18.2 Å². The van der Waals surface area contributed by atoms with Crippen molar-refractivity contribution in [2.75, 3.05) is 24.9 Å². The van der Waals surface area contributed by atoms with Crippen molar-refractivity contribution in [2.24, 2.45) is 0 Å². The lowest BCUT2D eigenvalue weighted by Crippen LogP contribution is -2.32. The van der Waals surface area contributed by atoms with Gasteiger partial charge in [-0.3, -0.25) is 9.59 Å². The number of methoxy groups -OCH3 is 2. The molecule has 6 nitrogen and oxygen atoms in total. The number of ether oxygens (including phenoxy) is 2. The van der Waals surface area contributed by atoms with E-state index >= 15 is 0 Å². The minimum absolute atomic E-state index is 0.0267. The summed E-state index contributed by atoms with van der Waals surface area (Å²) in [5, 5.41) is 5.45. The lowest BCUT2D eigenvalue weighted by Gasteiger charge is -2.23. The van der Waals surface area contributed by atoms with Gasteiger partial charge in [-0.15, -0.1) is 11.8 Å². The second kappa shape index (κ2) is 7.88. The third kappa shape index (κ3) is 3.89. The summed E-state index contributed by atoms with van der Waals surface area (Å²) in [5.74, 6) is 0.334. The van der Waals surface area contributed by atoms with E-state index in [1.807, 2.05) is 24.3 Å². The number of hydrogen-bond donors (Lipinski definition) is 2. The van der Waals surface area contributed by atoms with E-state index in [0.29, 0.717) is 22.2 Å². The molecule has 2 N–H and O–H groups in total. The maximum Gasteiger partial charge on any atom is 0.238 e. The van der Waals surface area contributed by atoms with Gasteiger partial charge in [0.2, 0.25) is 11.8 Å². The van der Waals surface area contributed by atoms with Gasteiger partial charge < -0.3 is 20.1 Å². The number of carbonyl (C=O) groups excluding carboxylic acids is 2. The number of benzene rings is 2. The highest BCUT2D eigenvalue weighted by Crippen LogP contribution is 2.38. The standard InChI is InChI=1S/C18H17ClN2O4S/c1-24-13-8-12(14(25-2)7-10(13)19)20-17(22)9-16-18(23)21-11-5-3-4-6-15(11)26-16/h3-8,16H,9H2,1-2H3,(H,20,22)(H,21,23)/t16-/m1/s1. The maximum absolute atomic E-state index is 12.5. The molecule has 2 aromatic rings. The van der Waals surface area contributed by atoms with E-state index in [1.165, 1.54) is 26.0 Å². The van der Waals surface area contributed by atoms with Crippen LogP contribution in [0.5, 0.6) is 11.5 Å². The highest BCUT2D eigenvalue weighted by atomic mass is 35.5. The Morgan fingerprint density at radius 2 is 1.96 bits per heavy atom. The largest absolute Gasteiger partial charge is 0.495 e. The Balaban J connectivity index is 1.73. The molecule has 1 aliphatic heterocycles. The molecular weight excluding hydrogens is 376 g/mol. The van der Waals surface area contributed by atoms with E-state index in [0.717, 1.165) is 10.6 Å². The molecule has 0 saturated carbocycles. The van der Waals surface area contributed by atoms with Gasteiger partial charge in [-0.25, -0.2) is 0 Å². The number of nitrogens with one attached hydrogen (secondary N) is 2. The van der Waals surface area contributed by atoms with Crippen LogP contribution in [0.4, 0.5) is 11.4 Å².